The van der Waals surface area contributed by atoms with Gasteiger partial charge in [0.25, 0.3) is 0 Å². The Morgan fingerprint density at radius 3 is 2.59 bits per heavy atom. The number of ketones is 1. The number of hydrogen-bond donors (Lipinski definition) is 4. The van der Waals surface area contributed by atoms with Crippen LogP contribution < -0.4 is 0 Å². The highest BCUT2D eigenvalue weighted by atomic mass is 19.1. The Morgan fingerprint density at radius 2 is 1.97 bits per heavy atom. The third-order valence-electron chi connectivity index (χ3n) is 8.96. The number of aliphatic hydroxyl groups excluding tert-OH is 2. The number of alkyl halides is 1. The van der Waals surface area contributed by atoms with Crippen molar-refractivity contribution in [3.63, 3.8) is 0 Å². The van der Waals surface area contributed by atoms with Crippen LogP contribution in [-0.2, 0) is 9.59 Å². The smallest absolute Gasteiger partial charge is 0.335 e. The van der Waals surface area contributed by atoms with E-state index in [0.29, 0.717) is 24.8 Å². The summed E-state index contributed by atoms with van der Waals surface area (Å²) in [6.07, 6.45) is 1.94. The number of hydrogen-bond acceptors (Lipinski definition) is 5. The lowest BCUT2D eigenvalue weighted by Crippen LogP contribution is -2.70. The standard InChI is InChI=1S/C22H29FO6/c1-11-8-15-14-5-4-12-9-13(24)6-7-19(12,2)21(14,23)16(25)10-20(15,3)22(11,29)17(26)18(27)28/h6-7,9,11,14-17,25-26,29H,4-5,8,10H2,1-3H3,(H,27,28)/t11-,14+,15+,16+,17-,19+,20+,21+,22+/m1/s1. The molecule has 4 aliphatic rings. The Balaban J connectivity index is 1.83. The fourth-order valence-electron chi connectivity index (χ4n) is 7.35. The quantitative estimate of drug-likeness (QED) is 0.554. The van der Waals surface area contributed by atoms with Crippen LogP contribution in [0.3, 0.4) is 0 Å². The van der Waals surface area contributed by atoms with Crippen molar-refractivity contribution >= 4 is 11.8 Å². The molecule has 0 unspecified atom stereocenters. The molecule has 0 aromatic rings. The van der Waals surface area contributed by atoms with Gasteiger partial charge < -0.3 is 20.4 Å². The van der Waals surface area contributed by atoms with Crippen LogP contribution in [0.1, 0.15) is 46.5 Å². The van der Waals surface area contributed by atoms with E-state index in [1.807, 2.05) is 0 Å². The first kappa shape index (κ1) is 20.7. The van der Waals surface area contributed by atoms with Crippen LogP contribution in [0.25, 0.3) is 0 Å². The summed E-state index contributed by atoms with van der Waals surface area (Å²) in [6, 6.07) is 0. The molecule has 0 radical (unpaired) electrons. The summed E-state index contributed by atoms with van der Waals surface area (Å²) < 4.78 is 16.9. The summed E-state index contributed by atoms with van der Waals surface area (Å²) >= 11 is 0. The van der Waals surface area contributed by atoms with Gasteiger partial charge in [0.05, 0.1) is 6.10 Å². The Labute approximate surface area is 169 Å². The summed E-state index contributed by atoms with van der Waals surface area (Å²) in [5.74, 6) is -3.33. The number of carboxylic acids is 1. The normalized spacial score (nSPS) is 52.2. The molecule has 0 amide bonds. The van der Waals surface area contributed by atoms with Gasteiger partial charge in [-0.3, -0.25) is 4.79 Å². The second-order valence-electron chi connectivity index (χ2n) is 9.97. The second kappa shape index (κ2) is 5.99. The molecule has 4 N–H and O–H groups in total. The highest BCUT2D eigenvalue weighted by molar-refractivity contribution is 6.01. The summed E-state index contributed by atoms with van der Waals surface area (Å²) in [4.78, 5) is 23.4. The first-order valence-electron chi connectivity index (χ1n) is 10.3. The minimum atomic E-state index is -2.04. The number of aliphatic carboxylic acids is 1. The number of halogens is 1. The van der Waals surface area contributed by atoms with Crippen molar-refractivity contribution in [2.24, 2.45) is 28.6 Å². The molecule has 4 rings (SSSR count). The van der Waals surface area contributed by atoms with Gasteiger partial charge in [-0.1, -0.05) is 25.5 Å². The molecule has 0 heterocycles. The molecule has 6 nitrogen and oxygen atoms in total. The zero-order chi connectivity index (χ0) is 21.6. The van der Waals surface area contributed by atoms with E-state index >= 15 is 4.39 Å². The van der Waals surface area contributed by atoms with Crippen molar-refractivity contribution < 1.29 is 34.4 Å². The van der Waals surface area contributed by atoms with Gasteiger partial charge in [-0.05, 0) is 56.6 Å². The maximum absolute atomic E-state index is 16.9. The van der Waals surface area contributed by atoms with Crippen molar-refractivity contribution in [1.29, 1.82) is 0 Å². The first-order valence-corrected chi connectivity index (χ1v) is 10.3. The molecule has 29 heavy (non-hydrogen) atoms. The lowest BCUT2D eigenvalue weighted by atomic mass is 9.44. The lowest BCUT2D eigenvalue weighted by Gasteiger charge is -2.63. The van der Waals surface area contributed by atoms with Crippen molar-refractivity contribution in [2.45, 2.75) is 69.9 Å². The minimum Gasteiger partial charge on any atom is -0.479 e. The van der Waals surface area contributed by atoms with E-state index in [2.05, 4.69) is 0 Å². The molecule has 0 saturated heterocycles. The maximum Gasteiger partial charge on any atom is 0.335 e. The second-order valence-corrected chi connectivity index (χ2v) is 9.97. The largest absolute Gasteiger partial charge is 0.479 e. The predicted octanol–water partition coefficient (Wildman–Crippen LogP) is 1.78. The fraction of sp³-hybridized carbons (Fsp3) is 0.727. The lowest BCUT2D eigenvalue weighted by molar-refractivity contribution is -0.240. The topological polar surface area (TPSA) is 115 Å². The number of fused-ring (bicyclic) bond motifs is 5. The van der Waals surface area contributed by atoms with E-state index < -0.39 is 58.0 Å². The maximum atomic E-state index is 16.9. The average molecular weight is 408 g/mol. The van der Waals surface area contributed by atoms with E-state index in [9.17, 15) is 30.0 Å². The molecule has 4 aliphatic carbocycles. The molecule has 0 aromatic carbocycles. The van der Waals surface area contributed by atoms with E-state index in [-0.39, 0.29) is 12.2 Å². The highest BCUT2D eigenvalue weighted by Crippen LogP contribution is 2.71. The van der Waals surface area contributed by atoms with Crippen molar-refractivity contribution in [3.05, 3.63) is 23.8 Å². The Kier molecular flexibility index (Phi) is 4.27. The molecule has 160 valence electrons. The number of carbonyl (C=O) groups is 2. The fourth-order valence-corrected chi connectivity index (χ4v) is 7.35. The molecule has 0 bridgehead atoms. The molecule has 3 saturated carbocycles. The molecular weight excluding hydrogens is 379 g/mol. The van der Waals surface area contributed by atoms with Crippen molar-refractivity contribution in [3.8, 4) is 0 Å². The number of aliphatic hydroxyl groups is 3. The average Bonchev–Trinajstić information content (AvgIpc) is 2.84. The molecule has 0 aromatic heterocycles. The first-order chi connectivity index (χ1) is 13.3. The van der Waals surface area contributed by atoms with Crippen LogP contribution in [0, 0.1) is 28.6 Å². The molecule has 0 aliphatic heterocycles. The van der Waals surface area contributed by atoms with E-state index in [4.69, 9.17) is 0 Å². The van der Waals surface area contributed by atoms with Crippen LogP contribution in [-0.4, -0.2) is 55.7 Å². The number of carboxylic acid groups (broad SMARTS) is 1. The van der Waals surface area contributed by atoms with Crippen molar-refractivity contribution in [1.82, 2.24) is 0 Å². The van der Waals surface area contributed by atoms with Crippen LogP contribution in [0.2, 0.25) is 0 Å². The summed E-state index contributed by atoms with van der Waals surface area (Å²) in [7, 11) is 0. The van der Waals surface area contributed by atoms with Gasteiger partial charge in [-0.25, -0.2) is 9.18 Å². The number of allylic oxidation sites excluding steroid dienone is 4. The third kappa shape index (κ3) is 2.21. The highest BCUT2D eigenvalue weighted by Gasteiger charge is 2.75. The monoisotopic (exact) mass is 408 g/mol. The summed E-state index contributed by atoms with van der Waals surface area (Å²) in [5.41, 5.74) is -5.65. The van der Waals surface area contributed by atoms with Crippen molar-refractivity contribution in [2.75, 3.05) is 0 Å². The van der Waals surface area contributed by atoms with Gasteiger partial charge in [0, 0.05) is 16.7 Å². The van der Waals surface area contributed by atoms with E-state index in [1.165, 1.54) is 12.2 Å². The van der Waals surface area contributed by atoms with E-state index in [1.54, 1.807) is 26.8 Å². The zero-order valence-electron chi connectivity index (χ0n) is 16.9. The predicted molar refractivity (Wildman–Crippen MR) is 101 cm³/mol. The van der Waals surface area contributed by atoms with Crippen LogP contribution in [0.15, 0.2) is 23.8 Å². The summed E-state index contributed by atoms with van der Waals surface area (Å²) in [6.45, 7) is 5.05. The number of carbonyl (C=O) groups excluding carboxylic acids is 1. The third-order valence-corrected chi connectivity index (χ3v) is 8.96. The molecular formula is C22H29FO6. The Morgan fingerprint density at radius 1 is 1.31 bits per heavy atom. The van der Waals surface area contributed by atoms with Crippen LogP contribution in [0.5, 0.6) is 0 Å². The zero-order valence-corrected chi connectivity index (χ0v) is 16.9. The molecule has 3 fully saturated rings. The summed E-state index contributed by atoms with van der Waals surface area (Å²) in [5, 5.41) is 42.4. The Hall–Kier alpha value is -1.57. The van der Waals surface area contributed by atoms with Gasteiger partial charge in [-0.15, -0.1) is 0 Å². The van der Waals surface area contributed by atoms with Crippen LogP contribution >= 0.6 is 0 Å². The van der Waals surface area contributed by atoms with Gasteiger partial charge in [0.2, 0.25) is 0 Å². The van der Waals surface area contributed by atoms with Gasteiger partial charge >= 0.3 is 5.97 Å². The minimum absolute atomic E-state index is 0.166. The van der Waals surface area contributed by atoms with E-state index in [0.717, 1.165) is 0 Å². The SMILES string of the molecule is C[C@@H]1C[C@H]2[C@@H]3CCC4=CC(=O)C=C[C@]4(C)[C@@]3(F)[C@@H](O)C[C@]2(C)[C@@]1(O)[C@H](O)C(=O)O. The Bertz CT molecular complexity index is 837. The van der Waals surface area contributed by atoms with Crippen LogP contribution in [0.4, 0.5) is 4.39 Å². The van der Waals surface area contributed by atoms with Gasteiger partial charge in [0.15, 0.2) is 17.6 Å². The number of rotatable bonds is 2. The van der Waals surface area contributed by atoms with Gasteiger partial charge in [0.1, 0.15) is 5.60 Å². The molecule has 0 spiro atoms. The molecule has 7 heteroatoms. The molecule has 9 atom stereocenters. The van der Waals surface area contributed by atoms with Gasteiger partial charge in [-0.2, -0.15) is 0 Å².